The molecule has 4 rings (SSSR count). The number of halogens is 5. The van der Waals surface area contributed by atoms with Gasteiger partial charge in [0.05, 0.1) is 28.9 Å². The van der Waals surface area contributed by atoms with E-state index in [-0.39, 0.29) is 38.3 Å². The lowest BCUT2D eigenvalue weighted by Crippen LogP contribution is -2.52. The van der Waals surface area contributed by atoms with Gasteiger partial charge in [-0.2, -0.15) is 13.2 Å². The molecule has 0 amide bonds. The Morgan fingerprint density at radius 3 is 2.28 bits per heavy atom. The van der Waals surface area contributed by atoms with Crippen LogP contribution in [0.5, 0.6) is 5.75 Å². The van der Waals surface area contributed by atoms with Gasteiger partial charge in [0.2, 0.25) is 10.0 Å². The second kappa shape index (κ2) is 9.25. The van der Waals surface area contributed by atoms with Crippen LogP contribution in [0.2, 0.25) is 0 Å². The van der Waals surface area contributed by atoms with Gasteiger partial charge >= 0.3 is 6.18 Å². The zero-order valence-electron chi connectivity index (χ0n) is 19.1. The average Bonchev–Trinajstić information content (AvgIpc) is 2.79. The molecule has 6 nitrogen and oxygen atoms in total. The third kappa shape index (κ3) is 4.72. The molecule has 2 aromatic carbocycles. The number of nitrogens with one attached hydrogen (secondary N) is 1. The number of sulfone groups is 1. The van der Waals surface area contributed by atoms with Gasteiger partial charge in [0, 0.05) is 12.5 Å². The standard InChI is InChI=1S/C23H24F5NO5S2/c1-35(30,31)29-11-9-14-8-10-22(36(32,33)17-4-2-15(3-5-17)23(26,27)28)16(12-14)13-34-21-19(25)7-6-18(24)20(21)22/h2-7,14,16,29H,8-13H2,1H3/t14-,16+,22-/m0/s1. The highest BCUT2D eigenvalue weighted by Gasteiger charge is 2.59. The summed E-state index contributed by atoms with van der Waals surface area (Å²) in [5.41, 5.74) is -1.49. The van der Waals surface area contributed by atoms with Crippen LogP contribution in [-0.2, 0) is 30.8 Å². The lowest BCUT2D eigenvalue weighted by Gasteiger charge is -2.49. The zero-order chi connectivity index (χ0) is 26.5. The number of hydrogen-bond donors (Lipinski definition) is 1. The van der Waals surface area contributed by atoms with E-state index in [4.69, 9.17) is 4.74 Å². The first kappa shape index (κ1) is 26.8. The average molecular weight is 554 g/mol. The Bertz CT molecular complexity index is 1360. The summed E-state index contributed by atoms with van der Waals surface area (Å²) in [7, 11) is -7.96. The number of alkyl halides is 3. The Kier molecular flexibility index (Phi) is 6.88. The van der Waals surface area contributed by atoms with E-state index in [9.17, 15) is 34.4 Å². The van der Waals surface area contributed by atoms with Crippen LogP contribution in [0.25, 0.3) is 0 Å². The van der Waals surface area contributed by atoms with E-state index in [0.717, 1.165) is 30.5 Å². The summed E-state index contributed by atoms with van der Waals surface area (Å²) in [6, 6.07) is 4.59. The van der Waals surface area contributed by atoms with E-state index in [1.165, 1.54) is 0 Å². The van der Waals surface area contributed by atoms with Crippen molar-refractivity contribution in [3.05, 3.63) is 59.2 Å². The van der Waals surface area contributed by atoms with Gasteiger partial charge in [0.15, 0.2) is 21.4 Å². The zero-order valence-corrected chi connectivity index (χ0v) is 20.7. The summed E-state index contributed by atoms with van der Waals surface area (Å²) in [6.45, 7) is -0.126. The van der Waals surface area contributed by atoms with Crippen LogP contribution < -0.4 is 9.46 Å². The molecule has 1 heterocycles. The molecule has 1 N–H and O–H groups in total. The first-order chi connectivity index (χ1) is 16.7. The van der Waals surface area contributed by atoms with E-state index in [1.807, 2.05) is 0 Å². The van der Waals surface area contributed by atoms with Crippen LogP contribution >= 0.6 is 0 Å². The minimum Gasteiger partial charge on any atom is -0.490 e. The smallest absolute Gasteiger partial charge is 0.416 e. The molecular weight excluding hydrogens is 529 g/mol. The summed E-state index contributed by atoms with van der Waals surface area (Å²) in [5.74, 6) is -3.42. The molecule has 0 aromatic heterocycles. The molecule has 0 spiro atoms. The maximum Gasteiger partial charge on any atom is 0.416 e. The van der Waals surface area contributed by atoms with Gasteiger partial charge in [0.25, 0.3) is 0 Å². The van der Waals surface area contributed by atoms with Gasteiger partial charge in [-0.3, -0.25) is 0 Å². The molecule has 36 heavy (non-hydrogen) atoms. The molecule has 3 atom stereocenters. The van der Waals surface area contributed by atoms with Crippen molar-refractivity contribution < 1.29 is 43.5 Å². The van der Waals surface area contributed by atoms with Crippen molar-refractivity contribution >= 4 is 19.9 Å². The molecule has 1 saturated carbocycles. The second-order valence-corrected chi connectivity index (χ2v) is 13.3. The van der Waals surface area contributed by atoms with Crippen LogP contribution in [-0.4, -0.2) is 36.2 Å². The third-order valence-electron chi connectivity index (χ3n) is 7.00. The van der Waals surface area contributed by atoms with Crippen LogP contribution in [0.1, 0.15) is 36.8 Å². The maximum absolute atomic E-state index is 15.2. The maximum atomic E-state index is 15.2. The molecule has 0 saturated heterocycles. The van der Waals surface area contributed by atoms with E-state index < -0.39 is 70.1 Å². The van der Waals surface area contributed by atoms with Crippen molar-refractivity contribution in [2.24, 2.45) is 11.8 Å². The van der Waals surface area contributed by atoms with Gasteiger partial charge in [-0.1, -0.05) is 0 Å². The Hall–Kier alpha value is -2.25. The van der Waals surface area contributed by atoms with Crippen LogP contribution in [0.3, 0.4) is 0 Å². The van der Waals surface area contributed by atoms with Crippen LogP contribution in [0, 0.1) is 23.5 Å². The molecule has 13 heteroatoms. The Morgan fingerprint density at radius 2 is 1.67 bits per heavy atom. The van der Waals surface area contributed by atoms with Gasteiger partial charge in [-0.05, 0) is 68.0 Å². The molecule has 1 aliphatic heterocycles. The molecule has 198 valence electrons. The van der Waals surface area contributed by atoms with E-state index in [1.54, 1.807) is 0 Å². The fraction of sp³-hybridized carbons (Fsp3) is 0.478. The first-order valence-corrected chi connectivity index (χ1v) is 14.5. The summed E-state index contributed by atoms with van der Waals surface area (Å²) in [6.07, 6.45) is -2.96. The lowest BCUT2D eigenvalue weighted by atomic mass is 9.68. The van der Waals surface area contributed by atoms with Crippen LogP contribution in [0.15, 0.2) is 41.3 Å². The molecule has 1 aliphatic carbocycles. The Morgan fingerprint density at radius 1 is 1.03 bits per heavy atom. The number of ether oxygens (including phenoxy) is 1. The number of fused-ring (bicyclic) bond motifs is 3. The van der Waals surface area contributed by atoms with Crippen LogP contribution in [0.4, 0.5) is 22.0 Å². The minimum absolute atomic E-state index is 0.120. The van der Waals surface area contributed by atoms with Crippen molar-refractivity contribution in [2.45, 2.75) is 41.5 Å². The monoisotopic (exact) mass is 553 g/mol. The molecule has 1 fully saturated rings. The lowest BCUT2D eigenvalue weighted by molar-refractivity contribution is -0.137. The van der Waals surface area contributed by atoms with Crippen molar-refractivity contribution in [3.63, 3.8) is 0 Å². The summed E-state index contributed by atoms with van der Waals surface area (Å²) >= 11 is 0. The topological polar surface area (TPSA) is 89.5 Å². The Balaban J connectivity index is 1.78. The highest BCUT2D eigenvalue weighted by atomic mass is 32.2. The van der Waals surface area contributed by atoms with Gasteiger partial charge < -0.3 is 4.74 Å². The van der Waals surface area contributed by atoms with Crippen molar-refractivity contribution in [1.29, 1.82) is 0 Å². The number of benzene rings is 2. The fourth-order valence-electron chi connectivity index (χ4n) is 5.35. The third-order valence-corrected chi connectivity index (χ3v) is 10.3. The number of sulfonamides is 1. The van der Waals surface area contributed by atoms with Crippen molar-refractivity contribution in [2.75, 3.05) is 19.4 Å². The second-order valence-electron chi connectivity index (χ2n) is 9.25. The first-order valence-electron chi connectivity index (χ1n) is 11.1. The molecule has 2 aliphatic rings. The normalized spacial score (nSPS) is 24.5. The van der Waals surface area contributed by atoms with Gasteiger partial charge in [0.1, 0.15) is 10.6 Å². The number of rotatable bonds is 6. The SMILES string of the molecule is CS(=O)(=O)NCC[C@@H]1CC[C@@]2(S(=O)(=O)c3ccc(C(F)(F)F)cc3)c3c(F)ccc(F)c3OC[C@H]2C1. The largest absolute Gasteiger partial charge is 0.490 e. The molecule has 0 radical (unpaired) electrons. The van der Waals surface area contributed by atoms with Crippen molar-refractivity contribution in [1.82, 2.24) is 4.72 Å². The summed E-state index contributed by atoms with van der Waals surface area (Å²) in [5, 5.41) is 0. The van der Waals surface area contributed by atoms with Crippen molar-refractivity contribution in [3.8, 4) is 5.75 Å². The summed E-state index contributed by atoms with van der Waals surface area (Å²) < 4.78 is 126. The van der Waals surface area contributed by atoms with Gasteiger partial charge in [-0.15, -0.1) is 0 Å². The van der Waals surface area contributed by atoms with E-state index >= 15 is 4.39 Å². The quantitative estimate of drug-likeness (QED) is 0.536. The predicted octanol–water partition coefficient (Wildman–Crippen LogP) is 4.40. The van der Waals surface area contributed by atoms with Gasteiger partial charge in [-0.25, -0.2) is 30.3 Å². The predicted molar refractivity (Wildman–Crippen MR) is 120 cm³/mol. The summed E-state index contributed by atoms with van der Waals surface area (Å²) in [4.78, 5) is -0.436. The van der Waals surface area contributed by atoms with E-state index in [2.05, 4.69) is 4.72 Å². The van der Waals surface area contributed by atoms with E-state index in [0.29, 0.717) is 18.6 Å². The Labute approximate surface area is 205 Å². The highest BCUT2D eigenvalue weighted by Crippen LogP contribution is 2.57. The molecular formula is C23H24F5NO5S2. The molecule has 0 unspecified atom stereocenters. The minimum atomic E-state index is -4.68. The fourth-order valence-corrected chi connectivity index (χ4v) is 8.20. The molecule has 0 bridgehead atoms. The molecule has 2 aromatic rings. The highest BCUT2D eigenvalue weighted by molar-refractivity contribution is 7.92. The number of hydrogen-bond acceptors (Lipinski definition) is 5.